The minimum atomic E-state index is -4.13. The molecule has 2 N–H and O–H groups in total. The number of hydrogen-bond acceptors (Lipinski definition) is 5. The van der Waals surface area contributed by atoms with Gasteiger partial charge in [-0.15, -0.1) is 0 Å². The summed E-state index contributed by atoms with van der Waals surface area (Å²) in [5.41, 5.74) is 0.239. The van der Waals surface area contributed by atoms with Crippen LogP contribution in [0.25, 0.3) is 0 Å². The van der Waals surface area contributed by atoms with Crippen molar-refractivity contribution >= 4 is 21.6 Å². The van der Waals surface area contributed by atoms with Gasteiger partial charge in [0.1, 0.15) is 17.0 Å². The maximum Gasteiger partial charge on any atom is 0.243 e. The zero-order valence-electron chi connectivity index (χ0n) is 10.6. The molecule has 6 nitrogen and oxygen atoms in total. The lowest BCUT2D eigenvalue weighted by Crippen LogP contribution is -2.25. The van der Waals surface area contributed by atoms with Crippen LogP contribution in [0.15, 0.2) is 35.6 Å². The molecule has 0 saturated heterocycles. The van der Waals surface area contributed by atoms with Crippen molar-refractivity contribution in [3.63, 3.8) is 0 Å². The van der Waals surface area contributed by atoms with Crippen molar-refractivity contribution in [2.24, 2.45) is 0 Å². The van der Waals surface area contributed by atoms with Crippen LogP contribution in [0.4, 0.5) is 4.39 Å². The van der Waals surface area contributed by atoms with Gasteiger partial charge in [0.2, 0.25) is 10.0 Å². The quantitative estimate of drug-likeness (QED) is 0.860. The van der Waals surface area contributed by atoms with Crippen LogP contribution < -0.4 is 4.72 Å². The molecule has 0 bridgehead atoms. The molecular weight excluding hydrogens is 321 g/mol. The Bertz CT molecular complexity index is 741. The standard InChI is InChI=1S/C12H11ClFN3O3S/c13-9-3-8(6-18)12(14)11(4-9)21(19,20)17-5-10-1-2-15-7-16-10/h1-4,7,17-18H,5-6H2. The molecule has 2 aromatic rings. The van der Waals surface area contributed by atoms with Crippen molar-refractivity contribution < 1.29 is 17.9 Å². The highest BCUT2D eigenvalue weighted by Crippen LogP contribution is 2.23. The molecule has 2 rings (SSSR count). The highest BCUT2D eigenvalue weighted by atomic mass is 35.5. The lowest BCUT2D eigenvalue weighted by Gasteiger charge is -2.10. The van der Waals surface area contributed by atoms with E-state index in [1.165, 1.54) is 24.7 Å². The van der Waals surface area contributed by atoms with Gasteiger partial charge in [-0.3, -0.25) is 0 Å². The maximum atomic E-state index is 14.0. The Labute approximate surface area is 125 Å². The Morgan fingerprint density at radius 3 is 2.76 bits per heavy atom. The maximum absolute atomic E-state index is 14.0. The van der Waals surface area contributed by atoms with Crippen LogP contribution in [0, 0.1) is 5.82 Å². The smallest absolute Gasteiger partial charge is 0.243 e. The molecule has 1 aromatic heterocycles. The zero-order chi connectivity index (χ0) is 15.5. The van der Waals surface area contributed by atoms with Gasteiger partial charge in [-0.25, -0.2) is 27.5 Å². The summed E-state index contributed by atoms with van der Waals surface area (Å²) in [7, 11) is -4.13. The summed E-state index contributed by atoms with van der Waals surface area (Å²) < 4.78 is 40.4. The number of aromatic nitrogens is 2. The van der Waals surface area contributed by atoms with E-state index in [4.69, 9.17) is 16.7 Å². The van der Waals surface area contributed by atoms with Gasteiger partial charge >= 0.3 is 0 Å². The summed E-state index contributed by atoms with van der Waals surface area (Å²) in [6.07, 6.45) is 2.73. The molecule has 0 amide bonds. The van der Waals surface area contributed by atoms with E-state index in [2.05, 4.69) is 14.7 Å². The van der Waals surface area contributed by atoms with Crippen LogP contribution in [0.3, 0.4) is 0 Å². The third-order valence-corrected chi connectivity index (χ3v) is 4.24. The molecule has 0 atom stereocenters. The average Bonchev–Trinajstić information content (AvgIpc) is 2.48. The molecule has 0 aliphatic carbocycles. The molecule has 1 heterocycles. The Hall–Kier alpha value is -1.61. The molecule has 0 fully saturated rings. The molecule has 1 aromatic carbocycles. The summed E-state index contributed by atoms with van der Waals surface area (Å²) in [5, 5.41) is 9.03. The van der Waals surface area contributed by atoms with E-state index in [0.29, 0.717) is 5.69 Å². The molecule has 9 heteroatoms. The van der Waals surface area contributed by atoms with Crippen LogP contribution in [-0.2, 0) is 23.2 Å². The molecule has 112 valence electrons. The van der Waals surface area contributed by atoms with Crippen LogP contribution in [0.1, 0.15) is 11.3 Å². The van der Waals surface area contributed by atoms with Gasteiger partial charge in [-0.05, 0) is 18.2 Å². The highest BCUT2D eigenvalue weighted by Gasteiger charge is 2.22. The van der Waals surface area contributed by atoms with Crippen molar-refractivity contribution in [1.29, 1.82) is 0 Å². The van der Waals surface area contributed by atoms with E-state index in [0.717, 1.165) is 6.07 Å². The highest BCUT2D eigenvalue weighted by molar-refractivity contribution is 7.89. The van der Waals surface area contributed by atoms with Gasteiger partial charge < -0.3 is 5.11 Å². The van der Waals surface area contributed by atoms with E-state index in [1.54, 1.807) is 0 Å². The van der Waals surface area contributed by atoms with Crippen LogP contribution in [0.2, 0.25) is 5.02 Å². The molecule has 0 radical (unpaired) electrons. The minimum Gasteiger partial charge on any atom is -0.392 e. The predicted octanol–water partition coefficient (Wildman–Crippen LogP) is 1.24. The minimum absolute atomic E-state index is 0.0165. The van der Waals surface area contributed by atoms with Gasteiger partial charge in [0.25, 0.3) is 0 Å². The fraction of sp³-hybridized carbons (Fsp3) is 0.167. The first-order valence-corrected chi connectivity index (χ1v) is 7.63. The van der Waals surface area contributed by atoms with E-state index in [9.17, 15) is 12.8 Å². The van der Waals surface area contributed by atoms with Gasteiger partial charge in [0.15, 0.2) is 0 Å². The normalized spacial score (nSPS) is 11.6. The Morgan fingerprint density at radius 2 is 2.14 bits per heavy atom. The molecule has 0 aliphatic heterocycles. The molecule has 0 saturated carbocycles. The lowest BCUT2D eigenvalue weighted by molar-refractivity contribution is 0.274. The average molecular weight is 332 g/mol. The topological polar surface area (TPSA) is 92.2 Å². The van der Waals surface area contributed by atoms with Crippen LogP contribution in [0.5, 0.6) is 0 Å². The third-order valence-electron chi connectivity index (χ3n) is 2.63. The van der Waals surface area contributed by atoms with Gasteiger partial charge in [0.05, 0.1) is 18.8 Å². The molecule has 0 spiro atoms. The largest absolute Gasteiger partial charge is 0.392 e. The number of halogens is 2. The summed E-state index contributed by atoms with van der Waals surface area (Å²) in [6, 6.07) is 3.68. The summed E-state index contributed by atoms with van der Waals surface area (Å²) >= 11 is 5.73. The van der Waals surface area contributed by atoms with Gasteiger partial charge in [-0.1, -0.05) is 11.6 Å². The number of benzene rings is 1. The molecule has 21 heavy (non-hydrogen) atoms. The Balaban J connectivity index is 2.30. The molecule has 0 unspecified atom stereocenters. The second kappa shape index (κ2) is 6.44. The van der Waals surface area contributed by atoms with Crippen molar-refractivity contribution in [2.45, 2.75) is 18.0 Å². The number of nitrogens with one attached hydrogen (secondary N) is 1. The number of aliphatic hydroxyl groups is 1. The summed E-state index contributed by atoms with van der Waals surface area (Å²) in [6.45, 7) is -0.772. The van der Waals surface area contributed by atoms with Gasteiger partial charge in [-0.2, -0.15) is 0 Å². The molecular formula is C12H11ClFN3O3S. The van der Waals surface area contributed by atoms with Crippen molar-refractivity contribution in [2.75, 3.05) is 0 Å². The van der Waals surface area contributed by atoms with E-state index < -0.39 is 27.3 Å². The van der Waals surface area contributed by atoms with Crippen LogP contribution >= 0.6 is 11.6 Å². The summed E-state index contributed by atoms with van der Waals surface area (Å²) in [5.74, 6) is -1.03. The first-order valence-electron chi connectivity index (χ1n) is 5.77. The number of hydrogen-bond donors (Lipinski definition) is 2. The number of aliphatic hydroxyl groups excluding tert-OH is 1. The fourth-order valence-corrected chi connectivity index (χ4v) is 3.05. The first kappa shape index (κ1) is 15.8. The lowest BCUT2D eigenvalue weighted by atomic mass is 10.2. The van der Waals surface area contributed by atoms with E-state index >= 15 is 0 Å². The molecule has 0 aliphatic rings. The number of rotatable bonds is 5. The zero-order valence-corrected chi connectivity index (χ0v) is 12.2. The third kappa shape index (κ3) is 3.73. The van der Waals surface area contributed by atoms with Crippen molar-refractivity contribution in [3.8, 4) is 0 Å². The predicted molar refractivity (Wildman–Crippen MR) is 73.4 cm³/mol. The monoisotopic (exact) mass is 331 g/mol. The first-order chi connectivity index (χ1) is 9.94. The second-order valence-electron chi connectivity index (χ2n) is 4.06. The van der Waals surface area contributed by atoms with Crippen molar-refractivity contribution in [3.05, 3.63) is 52.8 Å². The summed E-state index contributed by atoms with van der Waals surface area (Å²) in [4.78, 5) is 6.94. The van der Waals surface area contributed by atoms with E-state index in [1.807, 2.05) is 0 Å². The van der Waals surface area contributed by atoms with Gasteiger partial charge in [0, 0.05) is 16.8 Å². The van der Waals surface area contributed by atoms with E-state index in [-0.39, 0.29) is 17.1 Å². The fourth-order valence-electron chi connectivity index (χ4n) is 1.60. The SMILES string of the molecule is O=S(=O)(NCc1ccncn1)c1cc(Cl)cc(CO)c1F. The number of sulfonamides is 1. The van der Waals surface area contributed by atoms with Crippen molar-refractivity contribution in [1.82, 2.24) is 14.7 Å². The van der Waals surface area contributed by atoms with Crippen LogP contribution in [-0.4, -0.2) is 23.5 Å². The Kier molecular flexibility index (Phi) is 4.84. The number of nitrogens with zero attached hydrogens (tertiary/aromatic N) is 2. The Morgan fingerprint density at radius 1 is 1.38 bits per heavy atom. The second-order valence-corrected chi connectivity index (χ2v) is 6.23.